The largest absolute Gasteiger partial charge is 0.451 e. The molecule has 0 aromatic carbocycles. The van der Waals surface area contributed by atoms with Crippen LogP contribution < -0.4 is 4.90 Å². The number of halogens is 3. The highest BCUT2D eigenvalue weighted by atomic mass is 32.1. The lowest BCUT2D eigenvalue weighted by Crippen LogP contribution is -2.36. The Morgan fingerprint density at radius 2 is 2.03 bits per heavy atom. The molecule has 0 bridgehead atoms. The Morgan fingerprint density at radius 3 is 2.75 bits per heavy atom. The molecule has 1 saturated heterocycles. The van der Waals surface area contributed by atoms with E-state index >= 15 is 0 Å². The lowest BCUT2D eigenvalue weighted by Gasteiger charge is -2.29. The SMILES string of the molecule is CCCc1cc2c(N3CCn4c(nnc4C(F)(F)F)C3)nc(CN3CC[C@@H](O)C3)nc2s1. The zero-order valence-corrected chi connectivity index (χ0v) is 18.5. The minimum atomic E-state index is -4.52. The van der Waals surface area contributed by atoms with Gasteiger partial charge in [0.1, 0.15) is 16.5 Å². The predicted octanol–water partition coefficient (Wildman–Crippen LogP) is 2.84. The monoisotopic (exact) mass is 467 g/mol. The molecule has 12 heteroatoms. The Balaban J connectivity index is 1.49. The van der Waals surface area contributed by atoms with E-state index in [1.807, 2.05) is 4.90 Å². The number of nitrogens with zero attached hydrogens (tertiary/aromatic N) is 7. The van der Waals surface area contributed by atoms with Gasteiger partial charge in [0, 0.05) is 31.1 Å². The summed E-state index contributed by atoms with van der Waals surface area (Å²) >= 11 is 1.64. The van der Waals surface area contributed by atoms with Crippen molar-refractivity contribution < 1.29 is 18.3 Å². The van der Waals surface area contributed by atoms with E-state index in [4.69, 9.17) is 9.97 Å². The van der Waals surface area contributed by atoms with Crippen molar-refractivity contribution in [1.29, 1.82) is 0 Å². The van der Waals surface area contributed by atoms with Gasteiger partial charge in [-0.25, -0.2) is 9.97 Å². The second-order valence-electron chi connectivity index (χ2n) is 8.33. The van der Waals surface area contributed by atoms with Crippen molar-refractivity contribution in [3.05, 3.63) is 28.4 Å². The van der Waals surface area contributed by atoms with E-state index in [2.05, 4.69) is 28.1 Å². The molecule has 0 amide bonds. The van der Waals surface area contributed by atoms with Gasteiger partial charge in [0.05, 0.1) is 24.6 Å². The third-order valence-electron chi connectivity index (χ3n) is 5.89. The van der Waals surface area contributed by atoms with Gasteiger partial charge in [-0.3, -0.25) is 4.90 Å². The molecule has 5 heterocycles. The van der Waals surface area contributed by atoms with Crippen LogP contribution in [0.5, 0.6) is 0 Å². The van der Waals surface area contributed by atoms with Crippen LogP contribution in [0, 0.1) is 0 Å². The summed E-state index contributed by atoms with van der Waals surface area (Å²) in [5.74, 6) is 0.721. The number of aliphatic hydroxyl groups excluding tert-OH is 1. The maximum absolute atomic E-state index is 13.2. The average Bonchev–Trinajstić information content (AvgIpc) is 3.44. The van der Waals surface area contributed by atoms with Crippen LogP contribution in [0.1, 0.15) is 42.1 Å². The first-order valence-corrected chi connectivity index (χ1v) is 11.6. The Labute approximate surface area is 186 Å². The van der Waals surface area contributed by atoms with Crippen LogP contribution in [-0.2, 0) is 32.2 Å². The molecule has 2 aliphatic heterocycles. The number of hydrogen-bond acceptors (Lipinski definition) is 8. The highest BCUT2D eigenvalue weighted by molar-refractivity contribution is 7.18. The summed E-state index contributed by atoms with van der Waals surface area (Å²) in [6, 6.07) is 2.10. The predicted molar refractivity (Wildman–Crippen MR) is 113 cm³/mol. The van der Waals surface area contributed by atoms with Crippen LogP contribution in [0.2, 0.25) is 0 Å². The van der Waals surface area contributed by atoms with Crippen LogP contribution in [0.25, 0.3) is 10.2 Å². The molecule has 8 nitrogen and oxygen atoms in total. The molecule has 0 radical (unpaired) electrons. The molecule has 3 aromatic rings. The van der Waals surface area contributed by atoms with Crippen LogP contribution in [0.4, 0.5) is 19.0 Å². The minimum Gasteiger partial charge on any atom is -0.392 e. The summed E-state index contributed by atoms with van der Waals surface area (Å²) in [7, 11) is 0. The van der Waals surface area contributed by atoms with E-state index in [1.54, 1.807) is 11.3 Å². The summed E-state index contributed by atoms with van der Waals surface area (Å²) < 4.78 is 40.8. The molecule has 172 valence electrons. The Bertz CT molecular complexity index is 1130. The molecule has 32 heavy (non-hydrogen) atoms. The number of fused-ring (bicyclic) bond motifs is 2. The van der Waals surface area contributed by atoms with Gasteiger partial charge < -0.3 is 14.6 Å². The Morgan fingerprint density at radius 1 is 1.19 bits per heavy atom. The number of hydrogen-bond donors (Lipinski definition) is 1. The lowest BCUT2D eigenvalue weighted by atomic mass is 10.2. The average molecular weight is 468 g/mol. The minimum absolute atomic E-state index is 0.141. The first kappa shape index (κ1) is 21.5. The Hall–Kier alpha value is -2.31. The van der Waals surface area contributed by atoms with Gasteiger partial charge in [0.15, 0.2) is 5.82 Å². The van der Waals surface area contributed by atoms with Crippen molar-refractivity contribution in [3.8, 4) is 0 Å². The van der Waals surface area contributed by atoms with E-state index < -0.39 is 12.0 Å². The molecule has 0 aliphatic carbocycles. The van der Waals surface area contributed by atoms with Crippen molar-refractivity contribution in [2.24, 2.45) is 0 Å². The number of thiophene rings is 1. The molecule has 3 aromatic heterocycles. The fourth-order valence-corrected chi connectivity index (χ4v) is 5.53. The van der Waals surface area contributed by atoms with Crippen LogP contribution in [0.15, 0.2) is 6.07 Å². The van der Waals surface area contributed by atoms with E-state index in [9.17, 15) is 18.3 Å². The zero-order chi connectivity index (χ0) is 22.5. The maximum Gasteiger partial charge on any atom is 0.451 e. The molecule has 0 saturated carbocycles. The van der Waals surface area contributed by atoms with E-state index in [0.29, 0.717) is 25.5 Å². The number of β-amino-alcohol motifs (C(OH)–C–C–N with tert-alkyl or cyclic N) is 1. The van der Waals surface area contributed by atoms with Crippen molar-refractivity contribution in [3.63, 3.8) is 0 Å². The third-order valence-corrected chi connectivity index (χ3v) is 6.97. The number of alkyl halides is 3. The number of aromatic nitrogens is 5. The van der Waals surface area contributed by atoms with Gasteiger partial charge in [-0.15, -0.1) is 21.5 Å². The zero-order valence-electron chi connectivity index (χ0n) is 17.6. The van der Waals surface area contributed by atoms with Crippen LogP contribution >= 0.6 is 11.3 Å². The van der Waals surface area contributed by atoms with Crippen LogP contribution in [-0.4, -0.2) is 60.5 Å². The van der Waals surface area contributed by atoms with Crippen LogP contribution in [0.3, 0.4) is 0 Å². The van der Waals surface area contributed by atoms with Gasteiger partial charge in [0.25, 0.3) is 0 Å². The number of likely N-dealkylation sites (tertiary alicyclic amines) is 1. The second kappa shape index (κ2) is 8.23. The van der Waals surface area contributed by atoms with E-state index in [0.717, 1.165) is 46.4 Å². The van der Waals surface area contributed by atoms with Crippen molar-refractivity contribution in [2.75, 3.05) is 24.5 Å². The number of rotatable bonds is 5. The third kappa shape index (κ3) is 4.06. The molecule has 0 unspecified atom stereocenters. The molecule has 1 atom stereocenters. The molecular weight excluding hydrogens is 443 g/mol. The van der Waals surface area contributed by atoms with Crippen molar-refractivity contribution in [2.45, 2.75) is 58.1 Å². The fourth-order valence-electron chi connectivity index (χ4n) is 4.38. The summed E-state index contributed by atoms with van der Waals surface area (Å²) in [5, 5.41) is 17.9. The summed E-state index contributed by atoms with van der Waals surface area (Å²) in [4.78, 5) is 15.8. The number of aryl methyl sites for hydroxylation is 1. The molecule has 1 fully saturated rings. The Kier molecular flexibility index (Phi) is 5.54. The second-order valence-corrected chi connectivity index (χ2v) is 9.45. The molecule has 1 N–H and O–H groups in total. The topological polar surface area (TPSA) is 83.2 Å². The first-order valence-electron chi connectivity index (χ1n) is 10.8. The standard InChI is InChI=1S/C20H24F3N7OS/c1-2-3-13-8-14-17(24-15(25-18(14)32-13)10-28-5-4-12(31)9-28)29-6-7-30-16(11-29)26-27-19(30)20(21,22)23/h8,12,31H,2-7,9-11H2,1H3/t12-/m1/s1. The molecule has 2 aliphatic rings. The van der Waals surface area contributed by atoms with E-state index in [1.165, 1.54) is 4.88 Å². The normalized spacial score (nSPS) is 19.8. The number of anilines is 1. The summed E-state index contributed by atoms with van der Waals surface area (Å²) in [6.07, 6.45) is -2.16. The van der Waals surface area contributed by atoms with Gasteiger partial charge in [0.2, 0.25) is 5.82 Å². The van der Waals surface area contributed by atoms with Gasteiger partial charge >= 0.3 is 6.18 Å². The molecular formula is C20H24F3N7OS. The summed E-state index contributed by atoms with van der Waals surface area (Å²) in [5.41, 5.74) is 0. The van der Waals surface area contributed by atoms with Gasteiger partial charge in [-0.1, -0.05) is 13.3 Å². The molecule has 5 rings (SSSR count). The smallest absolute Gasteiger partial charge is 0.392 e. The first-order chi connectivity index (χ1) is 15.3. The van der Waals surface area contributed by atoms with E-state index in [-0.39, 0.29) is 25.0 Å². The number of aliphatic hydroxyl groups is 1. The van der Waals surface area contributed by atoms with Crippen molar-refractivity contribution >= 4 is 27.4 Å². The van der Waals surface area contributed by atoms with Crippen molar-refractivity contribution in [1.82, 2.24) is 29.6 Å². The lowest BCUT2D eigenvalue weighted by molar-refractivity contribution is -0.147. The highest BCUT2D eigenvalue weighted by Crippen LogP contribution is 2.35. The van der Waals surface area contributed by atoms with Gasteiger partial charge in [-0.05, 0) is 18.9 Å². The fraction of sp³-hybridized carbons (Fsp3) is 0.600. The highest BCUT2D eigenvalue weighted by Gasteiger charge is 2.39. The van der Waals surface area contributed by atoms with Gasteiger partial charge in [-0.2, -0.15) is 13.2 Å². The quantitative estimate of drug-likeness (QED) is 0.618. The summed E-state index contributed by atoms with van der Waals surface area (Å²) in [6.45, 7) is 4.76. The maximum atomic E-state index is 13.2. The molecule has 0 spiro atoms.